The van der Waals surface area contributed by atoms with Crippen molar-refractivity contribution >= 4 is 23.2 Å². The fourth-order valence-corrected chi connectivity index (χ4v) is 5.62. The number of benzene rings is 1. The van der Waals surface area contributed by atoms with Gasteiger partial charge in [0.15, 0.2) is 6.04 Å². The van der Waals surface area contributed by atoms with Crippen LogP contribution in [0.15, 0.2) is 36.5 Å². The van der Waals surface area contributed by atoms with E-state index in [0.717, 1.165) is 30.6 Å². The quantitative estimate of drug-likeness (QED) is 0.654. The average Bonchev–Trinajstić information content (AvgIpc) is 3.22. The second kappa shape index (κ2) is 9.95. The third-order valence-corrected chi connectivity index (χ3v) is 7.39. The van der Waals surface area contributed by atoms with Gasteiger partial charge in [-0.2, -0.15) is 13.2 Å². The van der Waals surface area contributed by atoms with Crippen molar-refractivity contribution in [3.8, 4) is 0 Å². The van der Waals surface area contributed by atoms with Crippen molar-refractivity contribution in [2.75, 3.05) is 38.2 Å². The van der Waals surface area contributed by atoms with Crippen molar-refractivity contribution in [3.05, 3.63) is 58.4 Å². The molecule has 6 nitrogen and oxygen atoms in total. The zero-order valence-electron chi connectivity index (χ0n) is 19.2. The number of anilines is 1. The number of amides is 1. The number of halogens is 4. The Morgan fingerprint density at radius 3 is 2.54 bits per heavy atom. The first-order valence-electron chi connectivity index (χ1n) is 12.0. The van der Waals surface area contributed by atoms with Crippen LogP contribution in [0.25, 0.3) is 0 Å². The van der Waals surface area contributed by atoms with Gasteiger partial charge in [0.25, 0.3) is 0 Å². The zero-order valence-corrected chi connectivity index (χ0v) is 20.0. The standard InChI is InChI=1S/C25H28ClF3N4O2/c26-18-2-1-16-12-20(13-17(16)11-18)31-19-3-4-22(30-14-19)24(25(27,28)29)33-8-7-32(15-23(33)34)21-5-9-35-10-6-21/h1-4,11,14,20-21,24,31H,5-10,12-13,15H2. The second-order valence-electron chi connectivity index (χ2n) is 9.48. The molecule has 3 aliphatic rings. The third-order valence-electron chi connectivity index (χ3n) is 7.15. The third kappa shape index (κ3) is 5.42. The molecule has 0 spiro atoms. The van der Waals surface area contributed by atoms with Crippen molar-refractivity contribution in [2.24, 2.45) is 0 Å². The lowest BCUT2D eigenvalue weighted by Gasteiger charge is -2.42. The first kappa shape index (κ1) is 24.3. The predicted molar refractivity (Wildman–Crippen MR) is 126 cm³/mol. The Kier molecular flexibility index (Phi) is 6.92. The molecule has 2 atom stereocenters. The van der Waals surface area contributed by atoms with E-state index >= 15 is 0 Å². The SMILES string of the molecule is O=C1CN(C2CCOCC2)CCN1C(c1ccc(NC2Cc3ccc(Cl)cc3C2)cn1)C(F)(F)F. The molecule has 0 radical (unpaired) electrons. The fraction of sp³-hybridized carbons (Fsp3) is 0.520. The highest BCUT2D eigenvalue weighted by Gasteiger charge is 2.49. The van der Waals surface area contributed by atoms with E-state index in [1.807, 2.05) is 23.1 Å². The van der Waals surface area contributed by atoms with E-state index in [2.05, 4.69) is 10.3 Å². The highest BCUT2D eigenvalue weighted by atomic mass is 35.5. The van der Waals surface area contributed by atoms with Crippen LogP contribution in [0.2, 0.25) is 5.02 Å². The summed E-state index contributed by atoms with van der Waals surface area (Å²) < 4.78 is 47.8. The molecule has 5 rings (SSSR count). The summed E-state index contributed by atoms with van der Waals surface area (Å²) in [4.78, 5) is 19.9. The van der Waals surface area contributed by atoms with Gasteiger partial charge in [0.05, 0.1) is 24.1 Å². The Bertz CT molecular complexity index is 1060. The van der Waals surface area contributed by atoms with Crippen molar-refractivity contribution in [2.45, 2.75) is 50.0 Å². The van der Waals surface area contributed by atoms with Gasteiger partial charge in [-0.25, -0.2) is 0 Å². The lowest BCUT2D eigenvalue weighted by Crippen LogP contribution is -2.57. The van der Waals surface area contributed by atoms with Crippen LogP contribution in [0, 0.1) is 0 Å². The number of carbonyl (C=O) groups is 1. The monoisotopic (exact) mass is 508 g/mol. The maximum atomic E-state index is 14.1. The summed E-state index contributed by atoms with van der Waals surface area (Å²) in [6.45, 7) is 1.66. The van der Waals surface area contributed by atoms with E-state index in [9.17, 15) is 18.0 Å². The number of rotatable bonds is 5. The van der Waals surface area contributed by atoms with Gasteiger partial charge in [-0.15, -0.1) is 0 Å². The van der Waals surface area contributed by atoms with E-state index in [4.69, 9.17) is 16.3 Å². The second-order valence-corrected chi connectivity index (χ2v) is 9.92. The molecule has 2 saturated heterocycles. The number of carbonyl (C=O) groups excluding carboxylic acids is 1. The Hall–Kier alpha value is -2.36. The average molecular weight is 509 g/mol. The highest BCUT2D eigenvalue weighted by Crippen LogP contribution is 2.38. The molecule has 35 heavy (non-hydrogen) atoms. The molecule has 10 heteroatoms. The molecular weight excluding hydrogens is 481 g/mol. The number of alkyl halides is 3. The largest absolute Gasteiger partial charge is 0.414 e. The summed E-state index contributed by atoms with van der Waals surface area (Å²) in [7, 11) is 0. The van der Waals surface area contributed by atoms with Gasteiger partial charge in [-0.3, -0.25) is 14.7 Å². The van der Waals surface area contributed by atoms with Gasteiger partial charge in [0.2, 0.25) is 5.91 Å². The summed E-state index contributed by atoms with van der Waals surface area (Å²) in [6, 6.07) is 7.05. The normalized spacial score (nSPS) is 22.8. The number of piperazine rings is 1. The van der Waals surface area contributed by atoms with Crippen molar-refractivity contribution in [1.29, 1.82) is 0 Å². The van der Waals surface area contributed by atoms with Gasteiger partial charge >= 0.3 is 6.18 Å². The lowest BCUT2D eigenvalue weighted by molar-refractivity contribution is -0.197. The van der Waals surface area contributed by atoms with Crippen LogP contribution in [0.1, 0.15) is 35.7 Å². The van der Waals surface area contributed by atoms with Crippen molar-refractivity contribution < 1.29 is 22.7 Å². The number of nitrogens with one attached hydrogen (secondary N) is 1. The summed E-state index contributed by atoms with van der Waals surface area (Å²) in [5.74, 6) is -0.517. The number of ether oxygens (including phenoxy) is 1. The number of aromatic nitrogens is 1. The number of hydrogen-bond acceptors (Lipinski definition) is 5. The molecule has 2 aromatic rings. The summed E-state index contributed by atoms with van der Waals surface area (Å²) in [5.41, 5.74) is 2.87. The smallest absolute Gasteiger partial charge is 0.381 e. The Labute approximate surface area is 207 Å². The zero-order chi connectivity index (χ0) is 24.6. The molecule has 1 aromatic carbocycles. The van der Waals surface area contributed by atoms with Crippen LogP contribution in [-0.2, 0) is 22.4 Å². The minimum atomic E-state index is -4.62. The minimum Gasteiger partial charge on any atom is -0.381 e. The molecule has 3 heterocycles. The van der Waals surface area contributed by atoms with E-state index in [1.165, 1.54) is 23.4 Å². The first-order valence-corrected chi connectivity index (χ1v) is 12.3. The molecule has 0 saturated carbocycles. The number of nitrogens with zero attached hydrogens (tertiary/aromatic N) is 3. The maximum Gasteiger partial charge on any atom is 0.414 e. The highest BCUT2D eigenvalue weighted by molar-refractivity contribution is 6.30. The Balaban J connectivity index is 1.26. The topological polar surface area (TPSA) is 57.7 Å². The number of fused-ring (bicyclic) bond motifs is 1. The molecule has 1 aliphatic carbocycles. The van der Waals surface area contributed by atoms with Crippen LogP contribution in [-0.4, -0.2) is 71.8 Å². The molecule has 188 valence electrons. The maximum absolute atomic E-state index is 14.1. The van der Waals surface area contributed by atoms with E-state index in [1.54, 1.807) is 6.07 Å². The van der Waals surface area contributed by atoms with Crippen LogP contribution < -0.4 is 5.32 Å². The van der Waals surface area contributed by atoms with Crippen molar-refractivity contribution in [1.82, 2.24) is 14.8 Å². The summed E-state index contributed by atoms with van der Waals surface area (Å²) >= 11 is 6.08. The van der Waals surface area contributed by atoms with Crippen LogP contribution in [0.4, 0.5) is 18.9 Å². The van der Waals surface area contributed by atoms with Crippen molar-refractivity contribution in [3.63, 3.8) is 0 Å². The fourth-order valence-electron chi connectivity index (χ4n) is 5.42. The summed E-state index contributed by atoms with van der Waals surface area (Å²) in [6.07, 6.45) is -0.00607. The van der Waals surface area contributed by atoms with E-state index < -0.39 is 18.1 Å². The summed E-state index contributed by atoms with van der Waals surface area (Å²) in [5, 5.41) is 4.05. The Morgan fingerprint density at radius 2 is 1.86 bits per heavy atom. The van der Waals surface area contributed by atoms with Gasteiger partial charge in [-0.05, 0) is 61.1 Å². The molecule has 1 amide bonds. The van der Waals surface area contributed by atoms with Gasteiger partial charge < -0.3 is 15.0 Å². The van der Waals surface area contributed by atoms with Gasteiger partial charge in [0.1, 0.15) is 0 Å². The molecular formula is C25H28ClF3N4O2. The molecule has 1 aromatic heterocycles. The lowest BCUT2D eigenvalue weighted by atomic mass is 10.0. The van der Waals surface area contributed by atoms with Crippen LogP contribution in [0.5, 0.6) is 0 Å². The van der Waals surface area contributed by atoms with Gasteiger partial charge in [-0.1, -0.05) is 17.7 Å². The van der Waals surface area contributed by atoms with Crippen LogP contribution in [0.3, 0.4) is 0 Å². The van der Waals surface area contributed by atoms with E-state index in [0.29, 0.717) is 30.5 Å². The molecule has 0 bridgehead atoms. The molecule has 2 unspecified atom stereocenters. The molecule has 2 aliphatic heterocycles. The molecule has 2 fully saturated rings. The predicted octanol–water partition coefficient (Wildman–Crippen LogP) is 4.24. The molecule has 1 N–H and O–H groups in total. The van der Waals surface area contributed by atoms with Gasteiger partial charge in [0, 0.05) is 43.4 Å². The number of hydrogen-bond donors (Lipinski definition) is 1. The minimum absolute atomic E-state index is 0.0108. The Morgan fingerprint density at radius 1 is 1.09 bits per heavy atom. The van der Waals surface area contributed by atoms with E-state index in [-0.39, 0.29) is 30.9 Å². The number of pyridine rings is 1. The first-order chi connectivity index (χ1) is 16.8. The van der Waals surface area contributed by atoms with Crippen LogP contribution >= 0.6 is 11.6 Å².